The first-order valence-electron chi connectivity index (χ1n) is 3.74. The van der Waals surface area contributed by atoms with E-state index in [4.69, 9.17) is 5.11 Å². The summed E-state index contributed by atoms with van der Waals surface area (Å²) >= 11 is 0. The molecule has 1 aliphatic rings. The van der Waals surface area contributed by atoms with Gasteiger partial charge < -0.3 is 15.5 Å². The minimum Gasteiger partial charge on any atom is -0.481 e. The zero-order valence-electron chi connectivity index (χ0n) is 6.45. The third kappa shape index (κ3) is 1.70. The number of hydrogen-bond donors (Lipinski definition) is 3. The summed E-state index contributed by atoms with van der Waals surface area (Å²) in [6, 6.07) is 0. The van der Waals surface area contributed by atoms with E-state index in [1.54, 1.807) is 0 Å². The average Bonchev–Trinajstić information content (AvgIpc) is 1.94. The Morgan fingerprint density at radius 2 is 2.18 bits per heavy atom. The van der Waals surface area contributed by atoms with Crippen LogP contribution >= 0.6 is 0 Å². The Morgan fingerprint density at radius 3 is 2.64 bits per heavy atom. The van der Waals surface area contributed by atoms with Gasteiger partial charge in [0.25, 0.3) is 0 Å². The van der Waals surface area contributed by atoms with Crippen LogP contribution in [0.5, 0.6) is 0 Å². The second-order valence-electron chi connectivity index (χ2n) is 3.07. The summed E-state index contributed by atoms with van der Waals surface area (Å²) in [5, 5.41) is 21.0. The van der Waals surface area contributed by atoms with Crippen molar-refractivity contribution < 1.29 is 15.0 Å². The van der Waals surface area contributed by atoms with E-state index in [1.807, 2.05) is 6.92 Å². The largest absolute Gasteiger partial charge is 0.481 e. The molecule has 3 unspecified atom stereocenters. The maximum Gasteiger partial charge on any atom is 0.310 e. The smallest absolute Gasteiger partial charge is 0.310 e. The number of hydrogen-bond acceptors (Lipinski definition) is 3. The van der Waals surface area contributed by atoms with Crippen LogP contribution in [-0.2, 0) is 4.79 Å². The number of aliphatic hydroxyl groups excluding tert-OH is 1. The average molecular weight is 159 g/mol. The monoisotopic (exact) mass is 159 g/mol. The molecule has 3 N–H and O–H groups in total. The lowest BCUT2D eigenvalue weighted by Crippen LogP contribution is -2.49. The Morgan fingerprint density at radius 1 is 1.55 bits per heavy atom. The van der Waals surface area contributed by atoms with Crippen LogP contribution < -0.4 is 5.32 Å². The van der Waals surface area contributed by atoms with Crippen molar-refractivity contribution in [3.05, 3.63) is 0 Å². The molecular formula is C7H13NO3. The number of carboxylic acid groups (broad SMARTS) is 1. The van der Waals surface area contributed by atoms with Gasteiger partial charge in [0.05, 0.1) is 12.0 Å². The molecule has 64 valence electrons. The molecule has 1 aliphatic heterocycles. The van der Waals surface area contributed by atoms with E-state index in [-0.39, 0.29) is 5.92 Å². The number of carboxylic acids is 1. The van der Waals surface area contributed by atoms with Gasteiger partial charge in [-0.2, -0.15) is 0 Å². The molecule has 1 fully saturated rings. The molecule has 0 spiro atoms. The third-order valence-electron chi connectivity index (χ3n) is 2.14. The summed E-state index contributed by atoms with van der Waals surface area (Å²) in [5.74, 6) is -1.53. The SMILES string of the molecule is CC1CNCC(C(=O)O)C1O. The van der Waals surface area contributed by atoms with E-state index >= 15 is 0 Å². The van der Waals surface area contributed by atoms with Gasteiger partial charge in [0, 0.05) is 13.1 Å². The van der Waals surface area contributed by atoms with Crippen molar-refractivity contribution in [2.24, 2.45) is 11.8 Å². The highest BCUT2D eigenvalue weighted by Gasteiger charge is 2.33. The molecule has 0 amide bonds. The minimum absolute atomic E-state index is 0.0323. The summed E-state index contributed by atoms with van der Waals surface area (Å²) in [6.45, 7) is 2.92. The number of piperidine rings is 1. The van der Waals surface area contributed by atoms with Gasteiger partial charge in [-0.3, -0.25) is 4.79 Å². The minimum atomic E-state index is -0.920. The van der Waals surface area contributed by atoms with Crippen LogP contribution in [0.3, 0.4) is 0 Å². The number of rotatable bonds is 1. The number of nitrogens with one attached hydrogen (secondary N) is 1. The highest BCUT2D eigenvalue weighted by Crippen LogP contribution is 2.16. The Labute approximate surface area is 65.2 Å². The van der Waals surface area contributed by atoms with Crippen LogP contribution in [0.2, 0.25) is 0 Å². The number of aliphatic hydroxyl groups is 1. The molecule has 0 radical (unpaired) electrons. The molecule has 1 saturated heterocycles. The van der Waals surface area contributed by atoms with Crippen LogP contribution in [-0.4, -0.2) is 35.4 Å². The third-order valence-corrected chi connectivity index (χ3v) is 2.14. The molecule has 0 aromatic carbocycles. The lowest BCUT2D eigenvalue weighted by atomic mass is 9.88. The van der Waals surface area contributed by atoms with Crippen molar-refractivity contribution in [3.8, 4) is 0 Å². The molecule has 0 saturated carbocycles. The lowest BCUT2D eigenvalue weighted by Gasteiger charge is -2.30. The molecule has 4 nitrogen and oxygen atoms in total. The molecule has 1 rings (SSSR count). The van der Waals surface area contributed by atoms with Crippen LogP contribution in [0.1, 0.15) is 6.92 Å². The first kappa shape index (κ1) is 8.49. The Kier molecular flexibility index (Phi) is 2.46. The summed E-state index contributed by atoms with van der Waals surface area (Å²) in [5.41, 5.74) is 0. The Hall–Kier alpha value is -0.610. The lowest BCUT2D eigenvalue weighted by molar-refractivity contribution is -0.148. The standard InChI is InChI=1S/C7H13NO3/c1-4-2-8-3-5(6(4)9)7(10)11/h4-6,8-9H,2-3H2,1H3,(H,10,11). The normalized spacial score (nSPS) is 38.5. The van der Waals surface area contributed by atoms with Crippen molar-refractivity contribution in [3.63, 3.8) is 0 Å². The zero-order chi connectivity index (χ0) is 8.43. The number of carbonyl (C=O) groups is 1. The van der Waals surface area contributed by atoms with E-state index in [1.165, 1.54) is 0 Å². The van der Waals surface area contributed by atoms with Crippen LogP contribution in [0.15, 0.2) is 0 Å². The molecule has 0 aromatic rings. The van der Waals surface area contributed by atoms with Crippen molar-refractivity contribution in [1.82, 2.24) is 5.32 Å². The quantitative estimate of drug-likeness (QED) is 0.472. The summed E-state index contributed by atoms with van der Waals surface area (Å²) in [4.78, 5) is 10.5. The van der Waals surface area contributed by atoms with E-state index in [2.05, 4.69) is 5.32 Å². The van der Waals surface area contributed by atoms with Gasteiger partial charge in [-0.15, -0.1) is 0 Å². The molecule has 1 heterocycles. The molecule has 0 aromatic heterocycles. The fourth-order valence-corrected chi connectivity index (χ4v) is 1.34. The predicted molar refractivity (Wildman–Crippen MR) is 39.2 cm³/mol. The summed E-state index contributed by atoms with van der Waals surface area (Å²) in [7, 11) is 0. The number of aliphatic carboxylic acids is 1. The van der Waals surface area contributed by atoms with E-state index in [9.17, 15) is 9.90 Å². The fourth-order valence-electron chi connectivity index (χ4n) is 1.34. The van der Waals surface area contributed by atoms with Crippen molar-refractivity contribution in [2.75, 3.05) is 13.1 Å². The van der Waals surface area contributed by atoms with Gasteiger partial charge in [0.15, 0.2) is 0 Å². The molecule has 4 heteroatoms. The van der Waals surface area contributed by atoms with Gasteiger partial charge in [-0.1, -0.05) is 6.92 Å². The highest BCUT2D eigenvalue weighted by atomic mass is 16.4. The predicted octanol–water partition coefficient (Wildman–Crippen LogP) is -0.713. The first-order valence-corrected chi connectivity index (χ1v) is 3.74. The van der Waals surface area contributed by atoms with Gasteiger partial charge in [-0.05, 0) is 5.92 Å². The molecule has 0 bridgehead atoms. The molecular weight excluding hydrogens is 146 g/mol. The van der Waals surface area contributed by atoms with Crippen molar-refractivity contribution >= 4 is 5.97 Å². The maximum absolute atomic E-state index is 10.5. The van der Waals surface area contributed by atoms with Crippen molar-refractivity contribution in [2.45, 2.75) is 13.0 Å². The first-order chi connectivity index (χ1) is 5.13. The van der Waals surface area contributed by atoms with E-state index in [0.29, 0.717) is 13.1 Å². The molecule has 0 aliphatic carbocycles. The second-order valence-corrected chi connectivity index (χ2v) is 3.07. The molecule has 3 atom stereocenters. The maximum atomic E-state index is 10.5. The van der Waals surface area contributed by atoms with Gasteiger partial charge >= 0.3 is 5.97 Å². The Bertz CT molecular complexity index is 160. The van der Waals surface area contributed by atoms with Gasteiger partial charge in [0.1, 0.15) is 0 Å². The van der Waals surface area contributed by atoms with Crippen LogP contribution in [0.25, 0.3) is 0 Å². The summed E-state index contributed by atoms with van der Waals surface area (Å²) in [6.07, 6.45) is -0.700. The topological polar surface area (TPSA) is 69.6 Å². The van der Waals surface area contributed by atoms with Crippen molar-refractivity contribution in [1.29, 1.82) is 0 Å². The van der Waals surface area contributed by atoms with Crippen LogP contribution in [0, 0.1) is 11.8 Å². The molecule has 11 heavy (non-hydrogen) atoms. The fraction of sp³-hybridized carbons (Fsp3) is 0.857. The van der Waals surface area contributed by atoms with Crippen LogP contribution in [0.4, 0.5) is 0 Å². The highest BCUT2D eigenvalue weighted by molar-refractivity contribution is 5.71. The van der Waals surface area contributed by atoms with Gasteiger partial charge in [-0.25, -0.2) is 0 Å². The van der Waals surface area contributed by atoms with E-state index < -0.39 is 18.0 Å². The second kappa shape index (κ2) is 3.19. The Balaban J connectivity index is 2.58. The van der Waals surface area contributed by atoms with Gasteiger partial charge in [0.2, 0.25) is 0 Å². The van der Waals surface area contributed by atoms with E-state index in [0.717, 1.165) is 0 Å². The summed E-state index contributed by atoms with van der Waals surface area (Å²) < 4.78 is 0. The zero-order valence-corrected chi connectivity index (χ0v) is 6.45.